The Bertz CT molecular complexity index is 1220. The molecule has 0 saturated carbocycles. The maximum atomic E-state index is 13.0. The van der Waals surface area contributed by atoms with Gasteiger partial charge < -0.3 is 15.5 Å². The smallest absolute Gasteiger partial charge is 0.354 e. The summed E-state index contributed by atoms with van der Waals surface area (Å²) in [4.78, 5) is 30.6. The van der Waals surface area contributed by atoms with Crippen LogP contribution in [0.1, 0.15) is 28.5 Å². The second-order valence-electron chi connectivity index (χ2n) is 7.76. The third-order valence-corrected chi connectivity index (χ3v) is 5.36. The minimum atomic E-state index is -4.55. The molecule has 0 spiro atoms. The number of pyridine rings is 1. The topological polar surface area (TPSA) is 92.2 Å². The van der Waals surface area contributed by atoms with E-state index in [1.54, 1.807) is 36.1 Å². The van der Waals surface area contributed by atoms with Crippen molar-refractivity contribution < 1.29 is 22.8 Å². The van der Waals surface area contributed by atoms with Gasteiger partial charge in [-0.05, 0) is 31.5 Å². The van der Waals surface area contributed by atoms with Gasteiger partial charge in [0, 0.05) is 19.0 Å². The van der Waals surface area contributed by atoms with Crippen molar-refractivity contribution >= 4 is 34.2 Å². The van der Waals surface area contributed by atoms with Gasteiger partial charge in [-0.2, -0.15) is 18.3 Å². The first-order chi connectivity index (χ1) is 15.0. The standard InChI is InChI=1S/C21H21F3N6O2/c1-11-15-7-14(8-25-19(15)29(3)28-11)27-16-6-4-5-13-9-30(20(32)18(13)16)10-17(31)26-12(2)21(22,23)24/h4-8,12,27H,9-10H2,1-3H3,(H,26,31). The fraction of sp³-hybridized carbons (Fsp3) is 0.333. The van der Waals surface area contributed by atoms with Gasteiger partial charge in [-0.1, -0.05) is 12.1 Å². The molecule has 0 fully saturated rings. The van der Waals surface area contributed by atoms with Crippen LogP contribution in [0, 0.1) is 6.92 Å². The lowest BCUT2D eigenvalue weighted by Crippen LogP contribution is -2.47. The van der Waals surface area contributed by atoms with Crippen LogP contribution in [0.2, 0.25) is 0 Å². The number of aryl methyl sites for hydroxylation is 2. The number of alkyl halides is 3. The predicted octanol–water partition coefficient (Wildman–Crippen LogP) is 3.04. The van der Waals surface area contributed by atoms with Gasteiger partial charge in [0.1, 0.15) is 12.6 Å². The molecule has 1 aliphatic rings. The third-order valence-electron chi connectivity index (χ3n) is 5.36. The molecule has 0 radical (unpaired) electrons. The van der Waals surface area contributed by atoms with Crippen molar-refractivity contribution in [2.24, 2.45) is 7.05 Å². The molecule has 1 aromatic carbocycles. The molecule has 32 heavy (non-hydrogen) atoms. The fourth-order valence-electron chi connectivity index (χ4n) is 3.73. The summed E-state index contributed by atoms with van der Waals surface area (Å²) in [5.41, 5.74) is 3.80. The molecule has 0 aliphatic carbocycles. The second-order valence-corrected chi connectivity index (χ2v) is 7.76. The van der Waals surface area contributed by atoms with Gasteiger partial charge >= 0.3 is 6.18 Å². The zero-order valence-electron chi connectivity index (χ0n) is 17.6. The van der Waals surface area contributed by atoms with E-state index in [0.29, 0.717) is 22.5 Å². The van der Waals surface area contributed by atoms with Gasteiger partial charge in [-0.15, -0.1) is 0 Å². The van der Waals surface area contributed by atoms with E-state index >= 15 is 0 Å². The van der Waals surface area contributed by atoms with Crippen LogP contribution in [0.25, 0.3) is 11.0 Å². The number of benzene rings is 1. The quantitative estimate of drug-likeness (QED) is 0.629. The minimum Gasteiger partial charge on any atom is -0.354 e. The summed E-state index contributed by atoms with van der Waals surface area (Å²) in [5, 5.41) is 10.3. The zero-order chi connectivity index (χ0) is 23.2. The molecule has 1 atom stereocenters. The number of fused-ring (bicyclic) bond motifs is 2. The summed E-state index contributed by atoms with van der Waals surface area (Å²) in [5.74, 6) is -1.29. The molecular formula is C21H21F3N6O2. The molecule has 8 nitrogen and oxygen atoms in total. The number of carbonyl (C=O) groups is 2. The number of nitrogens with zero attached hydrogens (tertiary/aromatic N) is 4. The van der Waals surface area contributed by atoms with E-state index in [2.05, 4.69) is 15.4 Å². The molecule has 1 aliphatic heterocycles. The highest BCUT2D eigenvalue weighted by atomic mass is 19.4. The molecule has 0 saturated heterocycles. The van der Waals surface area contributed by atoms with Gasteiger partial charge in [0.15, 0.2) is 5.65 Å². The van der Waals surface area contributed by atoms with Gasteiger partial charge in [-0.3, -0.25) is 14.3 Å². The average molecular weight is 446 g/mol. The normalized spacial score (nSPS) is 14.6. The van der Waals surface area contributed by atoms with Crippen molar-refractivity contribution in [1.82, 2.24) is 25.0 Å². The highest BCUT2D eigenvalue weighted by molar-refractivity contribution is 6.05. The summed E-state index contributed by atoms with van der Waals surface area (Å²) in [6, 6.07) is 5.14. The Morgan fingerprint density at radius 2 is 2.06 bits per heavy atom. The number of hydrogen-bond acceptors (Lipinski definition) is 5. The third kappa shape index (κ3) is 3.97. The van der Waals surface area contributed by atoms with Crippen LogP contribution in [-0.4, -0.2) is 50.2 Å². The number of carbonyl (C=O) groups excluding carboxylic acids is 2. The Hall–Kier alpha value is -3.63. The van der Waals surface area contributed by atoms with Crippen LogP contribution in [0.15, 0.2) is 30.5 Å². The zero-order valence-corrected chi connectivity index (χ0v) is 17.6. The number of hydrogen-bond donors (Lipinski definition) is 2. The van der Waals surface area contributed by atoms with E-state index in [4.69, 9.17) is 0 Å². The maximum absolute atomic E-state index is 13.0. The Morgan fingerprint density at radius 3 is 2.78 bits per heavy atom. The lowest BCUT2D eigenvalue weighted by atomic mass is 10.1. The lowest BCUT2D eigenvalue weighted by molar-refractivity contribution is -0.158. The van der Waals surface area contributed by atoms with Crippen molar-refractivity contribution in [3.05, 3.63) is 47.3 Å². The van der Waals surface area contributed by atoms with E-state index in [1.807, 2.05) is 18.3 Å². The van der Waals surface area contributed by atoms with Crippen molar-refractivity contribution in [1.29, 1.82) is 0 Å². The molecule has 3 heterocycles. The van der Waals surface area contributed by atoms with Crippen molar-refractivity contribution in [3.63, 3.8) is 0 Å². The molecule has 2 aromatic heterocycles. The summed E-state index contributed by atoms with van der Waals surface area (Å²) >= 11 is 0. The van der Waals surface area contributed by atoms with Crippen LogP contribution in [0.5, 0.6) is 0 Å². The predicted molar refractivity (Wildman–Crippen MR) is 111 cm³/mol. The second kappa shape index (κ2) is 7.81. The van der Waals surface area contributed by atoms with Crippen LogP contribution in [0.4, 0.5) is 24.5 Å². The summed E-state index contributed by atoms with van der Waals surface area (Å²) < 4.78 is 39.7. The van der Waals surface area contributed by atoms with Crippen molar-refractivity contribution in [2.75, 3.05) is 11.9 Å². The number of nitrogens with one attached hydrogen (secondary N) is 2. The van der Waals surface area contributed by atoms with Gasteiger partial charge in [0.2, 0.25) is 5.91 Å². The Morgan fingerprint density at radius 1 is 1.31 bits per heavy atom. The van der Waals surface area contributed by atoms with Crippen LogP contribution < -0.4 is 10.6 Å². The van der Waals surface area contributed by atoms with E-state index < -0.39 is 30.6 Å². The molecule has 3 aromatic rings. The van der Waals surface area contributed by atoms with Crippen molar-refractivity contribution in [2.45, 2.75) is 32.6 Å². The summed E-state index contributed by atoms with van der Waals surface area (Å²) in [6.07, 6.45) is -2.92. The van der Waals surface area contributed by atoms with E-state index in [9.17, 15) is 22.8 Å². The fourth-order valence-corrected chi connectivity index (χ4v) is 3.73. The van der Waals surface area contributed by atoms with Gasteiger partial charge in [-0.25, -0.2) is 4.98 Å². The van der Waals surface area contributed by atoms with E-state index in [1.165, 1.54) is 4.90 Å². The molecular weight excluding hydrogens is 425 g/mol. The molecule has 11 heteroatoms. The number of rotatable bonds is 5. The molecule has 168 valence electrons. The first-order valence-electron chi connectivity index (χ1n) is 9.88. The molecule has 1 unspecified atom stereocenters. The Kier molecular flexibility index (Phi) is 5.27. The lowest BCUT2D eigenvalue weighted by Gasteiger charge is -2.20. The number of anilines is 2. The monoisotopic (exact) mass is 446 g/mol. The first kappa shape index (κ1) is 21.6. The number of aromatic nitrogens is 3. The van der Waals surface area contributed by atoms with Crippen LogP contribution >= 0.6 is 0 Å². The SMILES string of the molecule is Cc1nn(C)c2ncc(Nc3cccc4c3C(=O)N(CC(=O)NC(C)C(F)(F)F)C4)cc12. The van der Waals surface area contributed by atoms with Crippen molar-refractivity contribution in [3.8, 4) is 0 Å². The van der Waals surface area contributed by atoms with Gasteiger partial charge in [0.25, 0.3) is 5.91 Å². The highest BCUT2D eigenvalue weighted by Crippen LogP contribution is 2.32. The number of amides is 2. The molecule has 0 bridgehead atoms. The van der Waals surface area contributed by atoms with Gasteiger partial charge in [0.05, 0.1) is 28.8 Å². The molecule has 2 amide bonds. The van der Waals surface area contributed by atoms with E-state index in [-0.39, 0.29) is 6.54 Å². The van der Waals surface area contributed by atoms with E-state index in [0.717, 1.165) is 23.7 Å². The Balaban J connectivity index is 1.53. The molecule has 2 N–H and O–H groups in total. The maximum Gasteiger partial charge on any atom is 0.408 e. The number of halogens is 3. The highest BCUT2D eigenvalue weighted by Gasteiger charge is 2.38. The largest absolute Gasteiger partial charge is 0.408 e. The molecule has 4 rings (SSSR count). The van der Waals surface area contributed by atoms with Crippen LogP contribution in [0.3, 0.4) is 0 Å². The summed E-state index contributed by atoms with van der Waals surface area (Å²) in [7, 11) is 1.80. The summed E-state index contributed by atoms with van der Waals surface area (Å²) in [6.45, 7) is 2.40. The van der Waals surface area contributed by atoms with Crippen LogP contribution in [-0.2, 0) is 18.4 Å². The average Bonchev–Trinajstić information content (AvgIpc) is 3.17. The minimum absolute atomic E-state index is 0.135. The Labute approximate surface area is 181 Å². The first-order valence-corrected chi connectivity index (χ1v) is 9.88.